The molecule has 449 valence electrons. The Kier molecular flexibility index (Phi) is 23.5. The second-order valence-electron chi connectivity index (χ2n) is 19.9. The normalized spacial score (nSPS) is 15.9. The minimum Gasteiger partial charge on any atom is -1.00 e. The summed E-state index contributed by atoms with van der Waals surface area (Å²) in [5.41, 5.74) is -4.35. The van der Waals surface area contributed by atoms with E-state index in [9.17, 15) is 72.2 Å². The fraction of sp³-hybridized carbons (Fsp3) is 0.339. The number of amides is 4. The van der Waals surface area contributed by atoms with Gasteiger partial charge < -0.3 is 46.7 Å². The Bertz CT molecular complexity index is 3150. The number of alkyl halides is 8. The molecule has 1 saturated heterocycles. The molecule has 3 fully saturated rings. The summed E-state index contributed by atoms with van der Waals surface area (Å²) in [6, 6.07) is 29.6. The zero-order chi connectivity index (χ0) is 60.2. The van der Waals surface area contributed by atoms with Gasteiger partial charge in [0.25, 0.3) is 0 Å². The second-order valence-corrected chi connectivity index (χ2v) is 19.9. The van der Waals surface area contributed by atoms with Gasteiger partial charge >= 0.3 is 62.0 Å². The van der Waals surface area contributed by atoms with E-state index in [1.54, 1.807) is 60.7 Å². The number of hydrogen-bond donors (Lipinski definition) is 5. The van der Waals surface area contributed by atoms with Gasteiger partial charge in [0.05, 0.1) is 30.3 Å². The average Bonchev–Trinajstić information content (AvgIpc) is 1.16. The number of carbonyl (C=O) groups excluding carboxylic acids is 3. The third-order valence-electron chi connectivity index (χ3n) is 13.7. The van der Waals surface area contributed by atoms with Crippen LogP contribution in [0.4, 0.5) is 62.3 Å². The monoisotopic (exact) mass is 1200 g/mol. The van der Waals surface area contributed by atoms with Gasteiger partial charge in [-0.25, -0.2) is 31.9 Å². The number of hydrogen-bond acceptors (Lipinski definition) is 8. The number of esters is 1. The number of aliphatic hydroxyl groups excluding tert-OH is 1. The predicted molar refractivity (Wildman–Crippen MR) is 284 cm³/mol. The maximum Gasteiger partial charge on any atom is 1.00 e. The van der Waals surface area contributed by atoms with Gasteiger partial charge in [0.1, 0.15) is 40.3 Å². The number of nitrogens with one attached hydrogen (secondary N) is 4. The Labute approximate surface area is 496 Å². The summed E-state index contributed by atoms with van der Waals surface area (Å²) in [5, 5.41) is 20.3. The zero-order valence-corrected chi connectivity index (χ0v) is 45.7. The smallest absolute Gasteiger partial charge is 1.00 e. The Balaban J connectivity index is 0.000000329. The van der Waals surface area contributed by atoms with E-state index in [4.69, 9.17) is 9.47 Å². The van der Waals surface area contributed by atoms with Gasteiger partial charge in [-0.15, -0.1) is 0 Å². The third-order valence-corrected chi connectivity index (χ3v) is 13.7. The van der Waals surface area contributed by atoms with Crippen LogP contribution >= 0.6 is 0 Å². The first kappa shape index (κ1) is 68.5. The standard InChI is InChI=1S/C28H24F6N2O4.C27H24F6N2O3.C4H8O.B.Li.H/c1-39-24(37)26(11-12-26)35-25(38)36-27(16-17-5-3-2-4-6-17,18-7-9-20(29)10-8-18)19-13-21(30)15-22(14-19)40-28(33,34)23(31)32;28-20-8-6-18(7-9-20)26(15-17-4-2-1-3-5-17,35-24(37)34-25(16-36)10-11-25)19-12-21(29)14-22(13-19)38-27(32,33)23(30)31;1-2-4-5-3-1;;;/h2-10,13-15,23H,11-12,16H2,1H3,(H2,35,36,38);1-9,12-14,23,36H,10-11,15-16H2,(H2,34,35,37);1-4H2;;;/q;;;;+1;-1/t27-;26-;;;;/m11..../s1. The van der Waals surface area contributed by atoms with E-state index in [1.807, 2.05) is 0 Å². The van der Waals surface area contributed by atoms with Crippen molar-refractivity contribution in [2.75, 3.05) is 26.9 Å². The van der Waals surface area contributed by atoms with E-state index in [0.717, 1.165) is 68.9 Å². The van der Waals surface area contributed by atoms with Crippen LogP contribution in [0, 0.1) is 23.3 Å². The van der Waals surface area contributed by atoms with Crippen molar-refractivity contribution in [1.29, 1.82) is 0 Å². The molecule has 0 spiro atoms. The number of benzene rings is 6. The Morgan fingerprint density at radius 3 is 1.27 bits per heavy atom. The molecule has 5 N–H and O–H groups in total. The largest absolute Gasteiger partial charge is 1.00 e. The molecule has 4 amide bonds. The zero-order valence-electron chi connectivity index (χ0n) is 46.7. The van der Waals surface area contributed by atoms with Crippen LogP contribution in [0.3, 0.4) is 0 Å². The summed E-state index contributed by atoms with van der Waals surface area (Å²) in [5.74, 6) is -6.00. The first-order chi connectivity index (χ1) is 39.4. The van der Waals surface area contributed by atoms with Crippen LogP contribution in [0.15, 0.2) is 146 Å². The van der Waals surface area contributed by atoms with Crippen molar-refractivity contribution in [3.05, 3.63) is 202 Å². The molecule has 6 aromatic rings. The fourth-order valence-corrected chi connectivity index (χ4v) is 9.12. The van der Waals surface area contributed by atoms with Crippen LogP contribution in [0.5, 0.6) is 11.5 Å². The van der Waals surface area contributed by atoms with Gasteiger partial charge in [0, 0.05) is 46.6 Å². The molecule has 2 saturated carbocycles. The molecule has 0 bridgehead atoms. The van der Waals surface area contributed by atoms with E-state index in [2.05, 4.69) is 30.7 Å². The van der Waals surface area contributed by atoms with Crippen molar-refractivity contribution >= 4 is 26.4 Å². The molecule has 1 heterocycles. The quantitative estimate of drug-likeness (QED) is 0.0289. The minimum atomic E-state index is -4.94. The van der Waals surface area contributed by atoms with Crippen molar-refractivity contribution in [3.8, 4) is 11.5 Å². The molecular formula is C59H57BF12LiN4O8. The van der Waals surface area contributed by atoms with Crippen molar-refractivity contribution in [2.45, 2.75) is 98.6 Å². The first-order valence-corrected chi connectivity index (χ1v) is 25.8. The Hall–Kier alpha value is -7.33. The van der Waals surface area contributed by atoms with Gasteiger partial charge in [-0.05, 0) is 120 Å². The average molecular weight is 1200 g/mol. The van der Waals surface area contributed by atoms with Crippen LogP contribution < -0.4 is 49.6 Å². The second kappa shape index (κ2) is 29.2. The summed E-state index contributed by atoms with van der Waals surface area (Å²) >= 11 is 0. The van der Waals surface area contributed by atoms with E-state index in [0.29, 0.717) is 36.1 Å². The molecule has 85 heavy (non-hydrogen) atoms. The number of ether oxygens (including phenoxy) is 4. The van der Waals surface area contributed by atoms with Crippen molar-refractivity contribution < 1.29 is 111 Å². The summed E-state index contributed by atoms with van der Waals surface area (Å²) in [6.45, 7) is 1.67. The molecule has 26 heteroatoms. The van der Waals surface area contributed by atoms with Crippen molar-refractivity contribution in [1.82, 2.24) is 21.3 Å². The van der Waals surface area contributed by atoms with Crippen LogP contribution in [-0.4, -0.2) is 94.6 Å². The Morgan fingerprint density at radius 1 is 0.565 bits per heavy atom. The number of carbonyl (C=O) groups is 3. The van der Waals surface area contributed by atoms with Crippen molar-refractivity contribution in [2.24, 2.45) is 0 Å². The molecule has 1 aliphatic heterocycles. The van der Waals surface area contributed by atoms with Crippen molar-refractivity contribution in [3.63, 3.8) is 0 Å². The van der Waals surface area contributed by atoms with E-state index in [-0.39, 0.29) is 83.2 Å². The van der Waals surface area contributed by atoms with E-state index >= 15 is 0 Å². The molecular weight excluding hydrogens is 1140 g/mol. The number of methoxy groups -OCH3 is 1. The van der Waals surface area contributed by atoms with Crippen LogP contribution in [0.1, 0.15) is 73.3 Å². The van der Waals surface area contributed by atoms with Gasteiger partial charge in [-0.2, -0.15) is 35.1 Å². The maximum absolute atomic E-state index is 14.9. The number of urea groups is 2. The number of aliphatic hydroxyl groups is 1. The van der Waals surface area contributed by atoms with Gasteiger partial charge in [-0.1, -0.05) is 84.9 Å². The van der Waals surface area contributed by atoms with E-state index < -0.39 is 100 Å². The maximum atomic E-state index is 14.9. The van der Waals surface area contributed by atoms with E-state index in [1.165, 1.54) is 37.1 Å². The summed E-state index contributed by atoms with van der Waals surface area (Å²) in [7, 11) is 1.16. The van der Waals surface area contributed by atoms with Gasteiger partial charge in [0.2, 0.25) is 0 Å². The molecule has 3 aliphatic rings. The van der Waals surface area contributed by atoms with Crippen LogP contribution in [-0.2, 0) is 38.2 Å². The van der Waals surface area contributed by atoms with Crippen LogP contribution in [0.2, 0.25) is 0 Å². The SMILES string of the molecule is C1CCOC1.COC(=O)C1(NC(=O)N[C@](Cc2ccccc2)(c2ccc(F)cc2)c2cc(F)cc(OC(F)(F)C(F)F)c2)CC1.O=C(NC1(CO)CC1)N[C@](Cc1ccccc1)(c1ccc(F)cc1)c1cc(F)cc(OC(F)(F)C(F)F)c1.[B].[H-].[Li+]. The topological polar surface area (TPSA) is 156 Å². The minimum absolute atomic E-state index is 0. The fourth-order valence-electron chi connectivity index (χ4n) is 9.12. The molecule has 2 aliphatic carbocycles. The summed E-state index contributed by atoms with van der Waals surface area (Å²) < 4.78 is 182. The predicted octanol–water partition coefficient (Wildman–Crippen LogP) is 8.74. The first-order valence-electron chi connectivity index (χ1n) is 25.8. The van der Waals surface area contributed by atoms with Gasteiger partial charge in [0.15, 0.2) is 0 Å². The van der Waals surface area contributed by atoms with Gasteiger partial charge in [-0.3, -0.25) is 0 Å². The molecule has 2 atom stereocenters. The molecule has 9 rings (SSSR count). The summed E-state index contributed by atoms with van der Waals surface area (Å²) in [6.07, 6.45) is -14.3. The number of rotatable bonds is 20. The molecule has 12 nitrogen and oxygen atoms in total. The number of halogens is 12. The third kappa shape index (κ3) is 17.9. The molecule has 0 unspecified atom stereocenters. The molecule has 0 aromatic heterocycles. The summed E-state index contributed by atoms with van der Waals surface area (Å²) in [4.78, 5) is 38.8. The Morgan fingerprint density at radius 2 is 0.953 bits per heavy atom. The molecule has 6 aromatic carbocycles. The molecule has 3 radical (unpaired) electrons. The van der Waals surface area contributed by atoms with Crippen LogP contribution in [0.25, 0.3) is 0 Å².